The van der Waals surface area contributed by atoms with Gasteiger partial charge in [-0.15, -0.1) is 0 Å². The van der Waals surface area contributed by atoms with Crippen LogP contribution in [0.3, 0.4) is 0 Å². The number of pyridine rings is 1. The Morgan fingerprint density at radius 1 is 1.27 bits per heavy atom. The van der Waals surface area contributed by atoms with Crippen molar-refractivity contribution in [1.29, 1.82) is 0 Å². The molecule has 0 aliphatic carbocycles. The number of hydrogen-bond acceptors (Lipinski definition) is 3. The highest BCUT2D eigenvalue weighted by Crippen LogP contribution is 2.28. The zero-order chi connectivity index (χ0) is 11.0. The molecule has 0 aliphatic rings. The number of aromatic carboxylic acids is 1. The van der Waals surface area contributed by atoms with Crippen LogP contribution in [0.15, 0.2) is 24.4 Å². The van der Waals surface area contributed by atoms with E-state index in [9.17, 15) is 14.3 Å². The predicted octanol–water partition coefficient (Wildman–Crippen LogP) is 1.78. The Kier molecular flexibility index (Phi) is 2.00. The van der Waals surface area contributed by atoms with E-state index in [4.69, 9.17) is 5.11 Å². The topological polar surface area (TPSA) is 70.4 Å². The molecule has 0 fully saturated rings. The van der Waals surface area contributed by atoms with Crippen molar-refractivity contribution in [2.75, 3.05) is 0 Å². The van der Waals surface area contributed by atoms with Crippen molar-refractivity contribution in [3.8, 4) is 5.75 Å². The first-order valence-electron chi connectivity index (χ1n) is 4.10. The highest BCUT2D eigenvalue weighted by Gasteiger charge is 2.13. The second-order valence-corrected chi connectivity index (χ2v) is 2.96. The number of hydrogen-bond donors (Lipinski definition) is 2. The van der Waals surface area contributed by atoms with Crippen LogP contribution in [0, 0.1) is 5.82 Å². The molecular weight excluding hydrogens is 201 g/mol. The monoisotopic (exact) mass is 207 g/mol. The minimum absolute atomic E-state index is 0.141. The van der Waals surface area contributed by atoms with Crippen LogP contribution in [0.2, 0.25) is 0 Å². The second kappa shape index (κ2) is 3.20. The molecule has 1 heterocycles. The molecule has 0 spiro atoms. The van der Waals surface area contributed by atoms with Gasteiger partial charge in [0.1, 0.15) is 0 Å². The summed E-state index contributed by atoms with van der Waals surface area (Å²) in [6.07, 6.45) is 1.21. The van der Waals surface area contributed by atoms with E-state index >= 15 is 0 Å². The number of rotatable bonds is 1. The van der Waals surface area contributed by atoms with Gasteiger partial charge in [0, 0.05) is 17.0 Å². The normalized spacial score (nSPS) is 10.5. The number of phenolic OH excluding ortho intramolecular Hbond substituents is 1. The van der Waals surface area contributed by atoms with Gasteiger partial charge in [0.2, 0.25) is 0 Å². The molecule has 0 bridgehead atoms. The summed E-state index contributed by atoms with van der Waals surface area (Å²) >= 11 is 0. The highest BCUT2D eigenvalue weighted by molar-refractivity contribution is 6.03. The van der Waals surface area contributed by atoms with Gasteiger partial charge < -0.3 is 10.2 Å². The molecule has 0 unspecified atom stereocenters. The van der Waals surface area contributed by atoms with Crippen LogP contribution in [0.4, 0.5) is 4.39 Å². The van der Waals surface area contributed by atoms with Gasteiger partial charge in [-0.25, -0.2) is 14.2 Å². The summed E-state index contributed by atoms with van der Waals surface area (Å²) in [7, 11) is 0. The van der Waals surface area contributed by atoms with Crippen LogP contribution < -0.4 is 0 Å². The molecule has 2 aromatic rings. The Morgan fingerprint density at radius 2 is 2.00 bits per heavy atom. The maximum atomic E-state index is 13.0. The van der Waals surface area contributed by atoms with Crippen molar-refractivity contribution in [1.82, 2.24) is 4.98 Å². The fourth-order valence-electron chi connectivity index (χ4n) is 1.38. The molecule has 0 saturated carbocycles. The van der Waals surface area contributed by atoms with E-state index in [1.807, 2.05) is 0 Å². The van der Waals surface area contributed by atoms with Gasteiger partial charge in [-0.05, 0) is 18.2 Å². The van der Waals surface area contributed by atoms with Crippen LogP contribution >= 0.6 is 0 Å². The van der Waals surface area contributed by atoms with E-state index in [2.05, 4.69) is 4.98 Å². The van der Waals surface area contributed by atoms with E-state index in [1.54, 1.807) is 0 Å². The minimum Gasteiger partial charge on any atom is -0.504 e. The smallest absolute Gasteiger partial charge is 0.355 e. The predicted molar refractivity (Wildman–Crippen MR) is 50.3 cm³/mol. The van der Waals surface area contributed by atoms with E-state index in [0.29, 0.717) is 0 Å². The summed E-state index contributed by atoms with van der Waals surface area (Å²) in [5.41, 5.74) is -0.206. The zero-order valence-electron chi connectivity index (χ0n) is 7.44. The third-order valence-electron chi connectivity index (χ3n) is 2.07. The molecule has 0 amide bonds. The lowest BCUT2D eigenvalue weighted by Gasteiger charge is -2.03. The van der Waals surface area contributed by atoms with Gasteiger partial charge in [0.25, 0.3) is 0 Å². The summed E-state index contributed by atoms with van der Waals surface area (Å²) in [5.74, 6) is -2.56. The average Bonchev–Trinajstić information content (AvgIpc) is 2.23. The zero-order valence-corrected chi connectivity index (χ0v) is 7.44. The van der Waals surface area contributed by atoms with Crippen molar-refractivity contribution < 1.29 is 19.4 Å². The Bertz CT molecular complexity index is 554. The number of phenols is 1. The number of aromatic nitrogens is 1. The van der Waals surface area contributed by atoms with Crippen LogP contribution in [0.5, 0.6) is 5.75 Å². The highest BCUT2D eigenvalue weighted by atomic mass is 19.1. The average molecular weight is 207 g/mol. The third kappa shape index (κ3) is 1.38. The third-order valence-corrected chi connectivity index (χ3v) is 2.07. The number of fused-ring (bicyclic) bond motifs is 1. The number of nitrogens with zero attached hydrogens (tertiary/aromatic N) is 1. The fraction of sp³-hybridized carbons (Fsp3) is 0. The molecule has 2 rings (SSSR count). The molecule has 76 valence electrons. The number of benzene rings is 1. The van der Waals surface area contributed by atoms with Crippen LogP contribution in [0.1, 0.15) is 10.5 Å². The Hall–Kier alpha value is -2.17. The number of halogens is 1. The SMILES string of the molecule is O=C(O)c1nccc2c(O)c(F)ccc12. The number of carbonyl (C=O) groups is 1. The maximum Gasteiger partial charge on any atom is 0.355 e. The minimum atomic E-state index is -1.22. The van der Waals surface area contributed by atoms with Crippen molar-refractivity contribution in [3.05, 3.63) is 35.9 Å². The first-order chi connectivity index (χ1) is 7.11. The molecule has 1 aromatic heterocycles. The lowest BCUT2D eigenvalue weighted by Crippen LogP contribution is -2.00. The molecule has 0 radical (unpaired) electrons. The van der Waals surface area contributed by atoms with Gasteiger partial charge in [-0.1, -0.05) is 0 Å². The van der Waals surface area contributed by atoms with Crippen LogP contribution in [-0.4, -0.2) is 21.2 Å². The van der Waals surface area contributed by atoms with Crippen molar-refractivity contribution in [3.63, 3.8) is 0 Å². The van der Waals surface area contributed by atoms with Crippen LogP contribution in [-0.2, 0) is 0 Å². The van der Waals surface area contributed by atoms with E-state index in [-0.39, 0.29) is 16.5 Å². The molecule has 15 heavy (non-hydrogen) atoms. The number of aromatic hydroxyl groups is 1. The van der Waals surface area contributed by atoms with Gasteiger partial charge in [0.05, 0.1) is 0 Å². The first kappa shape index (κ1) is 9.39. The fourth-order valence-corrected chi connectivity index (χ4v) is 1.38. The molecule has 0 aliphatic heterocycles. The Labute approximate surface area is 83.6 Å². The summed E-state index contributed by atoms with van der Waals surface area (Å²) in [5, 5.41) is 18.5. The summed E-state index contributed by atoms with van der Waals surface area (Å²) in [6, 6.07) is 3.65. The van der Waals surface area contributed by atoms with E-state index in [1.165, 1.54) is 18.3 Å². The van der Waals surface area contributed by atoms with Crippen molar-refractivity contribution in [2.24, 2.45) is 0 Å². The van der Waals surface area contributed by atoms with Crippen molar-refractivity contribution >= 4 is 16.7 Å². The molecule has 4 nitrogen and oxygen atoms in total. The van der Waals surface area contributed by atoms with Crippen molar-refractivity contribution in [2.45, 2.75) is 0 Å². The molecule has 5 heteroatoms. The maximum absolute atomic E-state index is 13.0. The first-order valence-corrected chi connectivity index (χ1v) is 4.10. The summed E-state index contributed by atoms with van der Waals surface area (Å²) in [6.45, 7) is 0. The summed E-state index contributed by atoms with van der Waals surface area (Å²) < 4.78 is 13.0. The quantitative estimate of drug-likeness (QED) is 0.747. The Balaban J connectivity index is 2.89. The standard InChI is InChI=1S/C10H6FNO3/c11-7-2-1-5-6(9(7)13)3-4-12-8(5)10(14)15/h1-4,13H,(H,14,15). The van der Waals surface area contributed by atoms with Gasteiger partial charge in [-0.2, -0.15) is 0 Å². The largest absolute Gasteiger partial charge is 0.504 e. The second-order valence-electron chi connectivity index (χ2n) is 2.96. The Morgan fingerprint density at radius 3 is 2.67 bits per heavy atom. The number of carboxylic acid groups (broad SMARTS) is 1. The molecule has 2 N–H and O–H groups in total. The molecule has 0 atom stereocenters. The van der Waals surface area contributed by atoms with Gasteiger partial charge in [0.15, 0.2) is 17.3 Å². The molecule has 1 aromatic carbocycles. The lowest BCUT2D eigenvalue weighted by atomic mass is 10.1. The molecule has 0 saturated heterocycles. The van der Waals surface area contributed by atoms with Crippen LogP contribution in [0.25, 0.3) is 10.8 Å². The number of carboxylic acids is 1. The van der Waals surface area contributed by atoms with E-state index in [0.717, 1.165) is 6.07 Å². The van der Waals surface area contributed by atoms with E-state index < -0.39 is 17.5 Å². The van der Waals surface area contributed by atoms with Gasteiger partial charge >= 0.3 is 5.97 Å². The lowest BCUT2D eigenvalue weighted by molar-refractivity contribution is 0.0693. The van der Waals surface area contributed by atoms with Gasteiger partial charge in [-0.3, -0.25) is 0 Å². The molecular formula is C10H6FNO3. The summed E-state index contributed by atoms with van der Waals surface area (Å²) in [4.78, 5) is 14.4.